The fourth-order valence-electron chi connectivity index (χ4n) is 3.63. The van der Waals surface area contributed by atoms with E-state index in [1.165, 1.54) is 31.2 Å². The van der Waals surface area contributed by atoms with Crippen LogP contribution in [0.15, 0.2) is 42.7 Å². The molecule has 33 heavy (non-hydrogen) atoms. The fourth-order valence-corrected chi connectivity index (χ4v) is 3.63. The van der Waals surface area contributed by atoms with Crippen molar-refractivity contribution in [1.29, 1.82) is 0 Å². The van der Waals surface area contributed by atoms with Crippen molar-refractivity contribution < 1.29 is 27.5 Å². The molecular weight excluding hydrogens is 439 g/mol. The van der Waals surface area contributed by atoms with Crippen molar-refractivity contribution in [2.45, 2.75) is 38.9 Å². The van der Waals surface area contributed by atoms with E-state index in [2.05, 4.69) is 15.5 Å². The Kier molecular flexibility index (Phi) is 5.96. The topological polar surface area (TPSA) is 91.0 Å². The molecule has 2 heterocycles. The SMILES string of the molecule is CCOC(=O)c1cnn(-c2ccc(C(=O)Nc3ccnn3C(C)C3CC3)cc2)c1C(F)(F)F. The number of nitrogens with zero attached hydrogens (tertiary/aromatic N) is 4. The van der Waals surface area contributed by atoms with E-state index in [4.69, 9.17) is 4.74 Å². The van der Waals surface area contributed by atoms with Gasteiger partial charge in [0.1, 0.15) is 11.4 Å². The molecule has 8 nitrogen and oxygen atoms in total. The quantitative estimate of drug-likeness (QED) is 0.524. The summed E-state index contributed by atoms with van der Waals surface area (Å²) in [6.45, 7) is 3.48. The maximum Gasteiger partial charge on any atom is 0.434 e. The highest BCUT2D eigenvalue weighted by Gasteiger charge is 2.41. The minimum absolute atomic E-state index is 0.0434. The number of alkyl halides is 3. The van der Waals surface area contributed by atoms with Gasteiger partial charge in [0.2, 0.25) is 0 Å². The molecule has 1 amide bonds. The zero-order chi connectivity index (χ0) is 23.8. The Morgan fingerprint density at radius 1 is 1.18 bits per heavy atom. The van der Waals surface area contributed by atoms with Crippen LogP contribution in [0.25, 0.3) is 5.69 Å². The third-order valence-corrected chi connectivity index (χ3v) is 5.51. The van der Waals surface area contributed by atoms with Crippen LogP contribution in [0, 0.1) is 5.92 Å². The molecule has 0 spiro atoms. The lowest BCUT2D eigenvalue weighted by Gasteiger charge is -2.15. The van der Waals surface area contributed by atoms with Crippen LogP contribution in [0.4, 0.5) is 19.0 Å². The molecule has 4 rings (SSSR count). The van der Waals surface area contributed by atoms with Crippen molar-refractivity contribution in [3.63, 3.8) is 0 Å². The number of carbonyl (C=O) groups excluding carboxylic acids is 2. The molecule has 1 aliphatic carbocycles. The lowest BCUT2D eigenvalue weighted by atomic mass is 10.2. The van der Waals surface area contributed by atoms with Crippen LogP contribution < -0.4 is 5.32 Å². The smallest absolute Gasteiger partial charge is 0.434 e. The van der Waals surface area contributed by atoms with Gasteiger partial charge in [-0.05, 0) is 56.9 Å². The molecule has 3 aromatic rings. The Morgan fingerprint density at radius 2 is 1.88 bits per heavy atom. The molecule has 1 aromatic carbocycles. The normalized spacial score (nSPS) is 14.7. The largest absolute Gasteiger partial charge is 0.462 e. The number of halogens is 3. The van der Waals surface area contributed by atoms with E-state index in [0.717, 1.165) is 19.0 Å². The number of ether oxygens (including phenoxy) is 1. The van der Waals surface area contributed by atoms with Crippen molar-refractivity contribution in [2.75, 3.05) is 11.9 Å². The lowest BCUT2D eigenvalue weighted by Crippen LogP contribution is -2.19. The summed E-state index contributed by atoms with van der Waals surface area (Å²) < 4.78 is 48.1. The maximum atomic E-state index is 13.7. The second-order valence-electron chi connectivity index (χ2n) is 7.78. The minimum atomic E-state index is -4.84. The predicted octanol–water partition coefficient (Wildman–Crippen LogP) is 4.49. The minimum Gasteiger partial charge on any atom is -0.462 e. The van der Waals surface area contributed by atoms with Crippen molar-refractivity contribution >= 4 is 17.7 Å². The first kappa shape index (κ1) is 22.6. The highest BCUT2D eigenvalue weighted by atomic mass is 19.4. The molecule has 2 aromatic heterocycles. The van der Waals surface area contributed by atoms with Gasteiger partial charge in [0.15, 0.2) is 5.69 Å². The van der Waals surface area contributed by atoms with E-state index in [1.807, 2.05) is 6.92 Å². The summed E-state index contributed by atoms with van der Waals surface area (Å²) in [5.41, 5.74) is -1.63. The van der Waals surface area contributed by atoms with Gasteiger partial charge in [-0.1, -0.05) is 0 Å². The fraction of sp³-hybridized carbons (Fsp3) is 0.364. The number of carbonyl (C=O) groups is 2. The molecule has 1 N–H and O–H groups in total. The maximum absolute atomic E-state index is 13.7. The summed E-state index contributed by atoms with van der Waals surface area (Å²) in [6, 6.07) is 7.30. The summed E-state index contributed by atoms with van der Waals surface area (Å²) in [4.78, 5) is 24.6. The molecular formula is C22H22F3N5O3. The van der Waals surface area contributed by atoms with E-state index >= 15 is 0 Å². The van der Waals surface area contributed by atoms with Gasteiger partial charge in [-0.2, -0.15) is 23.4 Å². The first-order chi connectivity index (χ1) is 15.7. The second-order valence-corrected chi connectivity index (χ2v) is 7.78. The van der Waals surface area contributed by atoms with E-state index < -0.39 is 29.3 Å². The molecule has 0 saturated heterocycles. The van der Waals surface area contributed by atoms with Crippen molar-refractivity contribution in [2.24, 2.45) is 5.92 Å². The molecule has 0 bridgehead atoms. The van der Waals surface area contributed by atoms with Gasteiger partial charge < -0.3 is 10.1 Å². The Labute approximate surface area is 187 Å². The van der Waals surface area contributed by atoms with Crippen LogP contribution in [0.2, 0.25) is 0 Å². The number of aromatic nitrogens is 4. The van der Waals surface area contributed by atoms with Crippen LogP contribution in [0.5, 0.6) is 0 Å². The van der Waals surface area contributed by atoms with E-state index in [9.17, 15) is 22.8 Å². The van der Waals surface area contributed by atoms with Gasteiger partial charge in [0, 0.05) is 11.6 Å². The third-order valence-electron chi connectivity index (χ3n) is 5.51. The molecule has 0 aliphatic heterocycles. The number of nitrogens with one attached hydrogen (secondary N) is 1. The first-order valence-electron chi connectivity index (χ1n) is 10.5. The number of rotatable bonds is 7. The summed E-state index contributed by atoms with van der Waals surface area (Å²) in [5, 5.41) is 10.8. The highest BCUT2D eigenvalue weighted by Crippen LogP contribution is 2.40. The monoisotopic (exact) mass is 461 g/mol. The van der Waals surface area contributed by atoms with E-state index in [1.54, 1.807) is 16.9 Å². The highest BCUT2D eigenvalue weighted by molar-refractivity contribution is 6.03. The number of anilines is 1. The van der Waals surface area contributed by atoms with Gasteiger partial charge in [-0.25, -0.2) is 14.2 Å². The van der Waals surface area contributed by atoms with E-state index in [-0.39, 0.29) is 23.9 Å². The number of benzene rings is 1. The molecule has 1 saturated carbocycles. The molecule has 1 fully saturated rings. The predicted molar refractivity (Wildman–Crippen MR) is 112 cm³/mol. The first-order valence-corrected chi connectivity index (χ1v) is 10.5. The zero-order valence-corrected chi connectivity index (χ0v) is 18.0. The molecule has 0 radical (unpaired) electrons. The van der Waals surface area contributed by atoms with Crippen LogP contribution in [-0.4, -0.2) is 38.0 Å². The molecule has 174 valence electrons. The molecule has 1 unspecified atom stereocenters. The molecule has 1 aliphatic rings. The van der Waals surface area contributed by atoms with Gasteiger partial charge in [-0.3, -0.25) is 4.79 Å². The lowest BCUT2D eigenvalue weighted by molar-refractivity contribution is -0.143. The van der Waals surface area contributed by atoms with Gasteiger partial charge in [0.05, 0.1) is 30.7 Å². The van der Waals surface area contributed by atoms with Crippen molar-refractivity contribution in [3.05, 3.63) is 59.5 Å². The molecule has 11 heteroatoms. The van der Waals surface area contributed by atoms with Crippen LogP contribution >= 0.6 is 0 Å². The van der Waals surface area contributed by atoms with Gasteiger partial charge in [0.25, 0.3) is 5.91 Å². The average Bonchev–Trinajstić information content (AvgIpc) is 3.35. The number of esters is 1. The van der Waals surface area contributed by atoms with Crippen LogP contribution in [0.3, 0.4) is 0 Å². The number of amides is 1. The Morgan fingerprint density at radius 3 is 2.48 bits per heavy atom. The summed E-state index contributed by atoms with van der Waals surface area (Å²) >= 11 is 0. The van der Waals surface area contributed by atoms with Crippen molar-refractivity contribution in [1.82, 2.24) is 19.6 Å². The van der Waals surface area contributed by atoms with Gasteiger partial charge in [-0.15, -0.1) is 0 Å². The van der Waals surface area contributed by atoms with Crippen LogP contribution in [-0.2, 0) is 10.9 Å². The average molecular weight is 461 g/mol. The number of hydrogen-bond donors (Lipinski definition) is 1. The summed E-state index contributed by atoms with van der Waals surface area (Å²) in [7, 11) is 0. The summed E-state index contributed by atoms with van der Waals surface area (Å²) in [5.74, 6) is -0.440. The van der Waals surface area contributed by atoms with Gasteiger partial charge >= 0.3 is 12.1 Å². The van der Waals surface area contributed by atoms with Crippen LogP contribution in [0.1, 0.15) is 59.1 Å². The van der Waals surface area contributed by atoms with Crippen molar-refractivity contribution in [3.8, 4) is 5.69 Å². The van der Waals surface area contributed by atoms with E-state index in [0.29, 0.717) is 16.4 Å². The Bertz CT molecular complexity index is 1160. The molecule has 1 atom stereocenters. The summed E-state index contributed by atoms with van der Waals surface area (Å²) in [6.07, 6.45) is -0.160. The third kappa shape index (κ3) is 4.62. The number of hydrogen-bond acceptors (Lipinski definition) is 5. The Balaban J connectivity index is 1.56. The standard InChI is InChI=1S/C22H22F3N5O3/c1-3-33-21(32)17-12-27-30(19(17)22(23,24)25)16-8-6-15(7-9-16)20(31)28-18-10-11-26-29(18)13(2)14-4-5-14/h6-14H,3-5H2,1-2H3,(H,28,31). The zero-order valence-electron chi connectivity index (χ0n) is 18.0. The second kappa shape index (κ2) is 8.72. The Hall–Kier alpha value is -3.63.